The molecule has 0 unspecified atom stereocenters. The summed E-state index contributed by atoms with van der Waals surface area (Å²) in [4.78, 5) is 14.8. The number of para-hydroxylation sites is 1. The number of rotatable bonds is 5. The summed E-state index contributed by atoms with van der Waals surface area (Å²) in [6, 6.07) is 4.21. The molecule has 0 bridgehead atoms. The van der Waals surface area contributed by atoms with E-state index in [1.807, 2.05) is 0 Å². The van der Waals surface area contributed by atoms with Gasteiger partial charge in [0.25, 0.3) is 0 Å². The standard InChI is InChI=1S/C12H9ClF2N2O3/c13-8-3-1-2-7(11(18)19)10(8)20-6-9-16-4-5-17(9)12(14)15/h1-5,12H,6H2,(H,18,19). The molecule has 20 heavy (non-hydrogen) atoms. The average Bonchev–Trinajstić information content (AvgIpc) is 2.85. The second-order valence-electron chi connectivity index (χ2n) is 3.74. The molecule has 0 saturated carbocycles. The van der Waals surface area contributed by atoms with E-state index in [0.717, 1.165) is 6.20 Å². The van der Waals surface area contributed by atoms with Gasteiger partial charge in [-0.3, -0.25) is 4.57 Å². The number of carboxylic acids is 1. The Morgan fingerprint density at radius 1 is 1.50 bits per heavy atom. The normalized spacial score (nSPS) is 10.8. The number of carboxylic acid groups (broad SMARTS) is 1. The van der Waals surface area contributed by atoms with Gasteiger partial charge in [-0.1, -0.05) is 17.7 Å². The molecule has 0 atom stereocenters. The van der Waals surface area contributed by atoms with E-state index in [1.54, 1.807) is 0 Å². The van der Waals surface area contributed by atoms with E-state index in [-0.39, 0.29) is 28.8 Å². The smallest absolute Gasteiger partial charge is 0.339 e. The van der Waals surface area contributed by atoms with Crippen LogP contribution in [-0.2, 0) is 6.61 Å². The second-order valence-corrected chi connectivity index (χ2v) is 4.15. The SMILES string of the molecule is O=C(O)c1cccc(Cl)c1OCc1nccn1C(F)F. The van der Waals surface area contributed by atoms with E-state index in [1.165, 1.54) is 24.4 Å². The van der Waals surface area contributed by atoms with Crippen LogP contribution in [0.1, 0.15) is 22.7 Å². The van der Waals surface area contributed by atoms with E-state index < -0.39 is 12.5 Å². The zero-order valence-corrected chi connectivity index (χ0v) is 10.7. The molecule has 0 fully saturated rings. The van der Waals surface area contributed by atoms with Gasteiger partial charge in [-0.15, -0.1) is 0 Å². The van der Waals surface area contributed by atoms with Crippen LogP contribution in [0.2, 0.25) is 5.02 Å². The minimum Gasteiger partial charge on any atom is -0.483 e. The van der Waals surface area contributed by atoms with E-state index in [9.17, 15) is 13.6 Å². The van der Waals surface area contributed by atoms with Crippen molar-refractivity contribution in [1.82, 2.24) is 9.55 Å². The van der Waals surface area contributed by atoms with Gasteiger partial charge in [0.05, 0.1) is 5.02 Å². The zero-order chi connectivity index (χ0) is 14.7. The van der Waals surface area contributed by atoms with Gasteiger partial charge in [-0.2, -0.15) is 8.78 Å². The molecule has 0 amide bonds. The number of nitrogens with zero attached hydrogens (tertiary/aromatic N) is 2. The van der Waals surface area contributed by atoms with Crippen molar-refractivity contribution in [3.63, 3.8) is 0 Å². The average molecular weight is 303 g/mol. The molecule has 2 aromatic rings. The highest BCUT2D eigenvalue weighted by molar-refractivity contribution is 6.32. The third kappa shape index (κ3) is 2.88. The van der Waals surface area contributed by atoms with Crippen molar-refractivity contribution >= 4 is 17.6 Å². The molecule has 5 nitrogen and oxygen atoms in total. The van der Waals surface area contributed by atoms with Crippen molar-refractivity contribution < 1.29 is 23.4 Å². The number of hydrogen-bond acceptors (Lipinski definition) is 3. The third-order valence-corrected chi connectivity index (χ3v) is 2.80. The molecule has 0 radical (unpaired) electrons. The number of aromatic carboxylic acids is 1. The molecule has 0 saturated heterocycles. The lowest BCUT2D eigenvalue weighted by molar-refractivity contribution is 0.0623. The molecule has 1 heterocycles. The van der Waals surface area contributed by atoms with Gasteiger partial charge in [0.15, 0.2) is 11.6 Å². The maximum atomic E-state index is 12.6. The van der Waals surface area contributed by atoms with Gasteiger partial charge in [0.1, 0.15) is 12.2 Å². The first-order chi connectivity index (χ1) is 9.50. The maximum Gasteiger partial charge on any atom is 0.339 e. The summed E-state index contributed by atoms with van der Waals surface area (Å²) in [7, 11) is 0. The summed E-state index contributed by atoms with van der Waals surface area (Å²) in [6.45, 7) is -3.07. The predicted molar refractivity (Wildman–Crippen MR) is 66.2 cm³/mol. The molecule has 0 aliphatic carbocycles. The lowest BCUT2D eigenvalue weighted by atomic mass is 10.2. The Balaban J connectivity index is 2.23. The van der Waals surface area contributed by atoms with Crippen molar-refractivity contribution in [2.75, 3.05) is 0 Å². The number of alkyl halides is 2. The Morgan fingerprint density at radius 2 is 2.25 bits per heavy atom. The molecule has 2 rings (SSSR count). The lowest BCUT2D eigenvalue weighted by Gasteiger charge is -2.11. The predicted octanol–water partition coefficient (Wildman–Crippen LogP) is 3.21. The third-order valence-electron chi connectivity index (χ3n) is 2.50. The van der Waals surface area contributed by atoms with Crippen LogP contribution in [0.3, 0.4) is 0 Å². The Bertz CT molecular complexity index is 631. The minimum atomic E-state index is -2.75. The van der Waals surface area contributed by atoms with Crippen LogP contribution in [0.25, 0.3) is 0 Å². The van der Waals surface area contributed by atoms with E-state index in [2.05, 4.69) is 4.98 Å². The first-order valence-corrected chi connectivity index (χ1v) is 5.83. The Labute approximate surface area is 117 Å². The van der Waals surface area contributed by atoms with Crippen LogP contribution in [0.4, 0.5) is 8.78 Å². The summed E-state index contributed by atoms with van der Waals surface area (Å²) in [5.41, 5.74) is -0.146. The topological polar surface area (TPSA) is 64.3 Å². The minimum absolute atomic E-state index is 0.0312. The van der Waals surface area contributed by atoms with Gasteiger partial charge in [-0.05, 0) is 12.1 Å². The first-order valence-electron chi connectivity index (χ1n) is 5.45. The molecule has 1 N–H and O–H groups in total. The van der Waals surface area contributed by atoms with Crippen molar-refractivity contribution in [3.8, 4) is 5.75 Å². The van der Waals surface area contributed by atoms with Gasteiger partial charge >= 0.3 is 12.5 Å². The molecular formula is C12H9ClF2N2O3. The van der Waals surface area contributed by atoms with E-state index in [0.29, 0.717) is 4.57 Å². The molecule has 1 aromatic carbocycles. The number of aromatic nitrogens is 2. The van der Waals surface area contributed by atoms with E-state index in [4.69, 9.17) is 21.4 Å². The van der Waals surface area contributed by atoms with Crippen molar-refractivity contribution in [3.05, 3.63) is 47.0 Å². The van der Waals surface area contributed by atoms with Crippen molar-refractivity contribution in [2.24, 2.45) is 0 Å². The molecule has 1 aromatic heterocycles. The second kappa shape index (κ2) is 5.87. The van der Waals surface area contributed by atoms with Crippen LogP contribution in [0.5, 0.6) is 5.75 Å². The van der Waals surface area contributed by atoms with Gasteiger partial charge < -0.3 is 9.84 Å². The number of benzene rings is 1. The lowest BCUT2D eigenvalue weighted by Crippen LogP contribution is -2.09. The fourth-order valence-corrected chi connectivity index (χ4v) is 1.82. The number of halogens is 3. The molecule has 0 spiro atoms. The largest absolute Gasteiger partial charge is 0.483 e. The Morgan fingerprint density at radius 3 is 2.90 bits per heavy atom. The molecule has 0 aliphatic heterocycles. The Kier molecular flexibility index (Phi) is 4.19. The number of imidazole rings is 1. The van der Waals surface area contributed by atoms with Crippen LogP contribution < -0.4 is 4.74 Å². The van der Waals surface area contributed by atoms with Crippen molar-refractivity contribution in [2.45, 2.75) is 13.2 Å². The number of carbonyl (C=O) groups is 1. The quantitative estimate of drug-likeness (QED) is 0.921. The molecule has 0 aliphatic rings. The Hall–Kier alpha value is -2.15. The van der Waals surface area contributed by atoms with Crippen LogP contribution in [-0.4, -0.2) is 20.6 Å². The van der Waals surface area contributed by atoms with Crippen molar-refractivity contribution in [1.29, 1.82) is 0 Å². The molecular weight excluding hydrogens is 294 g/mol. The van der Waals surface area contributed by atoms with Gasteiger partial charge in [0, 0.05) is 12.4 Å². The van der Waals surface area contributed by atoms with Crippen LogP contribution in [0.15, 0.2) is 30.6 Å². The first kappa shape index (κ1) is 14.3. The molecule has 8 heteroatoms. The zero-order valence-electron chi connectivity index (χ0n) is 9.96. The summed E-state index contributed by atoms with van der Waals surface area (Å²) >= 11 is 5.85. The summed E-state index contributed by atoms with van der Waals surface area (Å²) in [5.74, 6) is -1.33. The summed E-state index contributed by atoms with van der Waals surface area (Å²) < 4.78 is 31.1. The summed E-state index contributed by atoms with van der Waals surface area (Å²) in [5, 5.41) is 9.09. The highest BCUT2D eigenvalue weighted by Gasteiger charge is 2.17. The highest BCUT2D eigenvalue weighted by atomic mass is 35.5. The maximum absolute atomic E-state index is 12.6. The van der Waals surface area contributed by atoms with Gasteiger partial charge in [0.2, 0.25) is 0 Å². The van der Waals surface area contributed by atoms with Crippen LogP contribution >= 0.6 is 11.6 Å². The van der Waals surface area contributed by atoms with Gasteiger partial charge in [-0.25, -0.2) is 9.78 Å². The summed E-state index contributed by atoms with van der Waals surface area (Å²) in [6.07, 6.45) is 2.31. The highest BCUT2D eigenvalue weighted by Crippen LogP contribution is 2.29. The number of hydrogen-bond donors (Lipinski definition) is 1. The number of ether oxygens (including phenoxy) is 1. The molecule has 106 valence electrons. The fourth-order valence-electron chi connectivity index (χ4n) is 1.59. The fraction of sp³-hybridized carbons (Fsp3) is 0.167. The van der Waals surface area contributed by atoms with E-state index >= 15 is 0 Å². The van der Waals surface area contributed by atoms with Crippen LogP contribution in [0, 0.1) is 0 Å². The monoisotopic (exact) mass is 302 g/mol.